The van der Waals surface area contributed by atoms with E-state index in [1.165, 1.54) is 54.7 Å². The van der Waals surface area contributed by atoms with Gasteiger partial charge in [-0.05, 0) is 60.9 Å². The number of fused-ring (bicyclic) bond motifs is 1. The molecule has 3 heterocycles. The third-order valence-electron chi connectivity index (χ3n) is 9.14. The van der Waals surface area contributed by atoms with Crippen LogP contribution < -0.4 is 26.7 Å². The van der Waals surface area contributed by atoms with Gasteiger partial charge in [-0.3, -0.25) is 38.3 Å². The number of rotatable bonds is 19. The van der Waals surface area contributed by atoms with Crippen LogP contribution in [0.1, 0.15) is 42.8 Å². The molecule has 0 aliphatic carbocycles. The van der Waals surface area contributed by atoms with E-state index < -0.39 is 95.7 Å². The van der Waals surface area contributed by atoms with E-state index in [0.717, 1.165) is 40.6 Å². The molecule has 63 heavy (non-hydrogen) atoms. The molecule has 0 unspecified atom stereocenters. The first-order valence-corrected chi connectivity index (χ1v) is 19.7. The Morgan fingerprint density at radius 2 is 1.68 bits per heavy atom. The van der Waals surface area contributed by atoms with Crippen molar-refractivity contribution in [3.8, 4) is 22.9 Å². The molecular weight excluding hydrogens is 858 g/mol. The van der Waals surface area contributed by atoms with Gasteiger partial charge in [0.1, 0.15) is 41.3 Å². The maximum Gasteiger partial charge on any atom is 0.573 e. The molecule has 3 amide bonds. The molecule has 0 saturated carbocycles. The molecule has 0 fully saturated rings. The Labute approximate surface area is 358 Å². The highest BCUT2D eigenvalue weighted by Gasteiger charge is 2.33. The molecule has 0 aliphatic heterocycles. The smallest absolute Gasteiger partial charge is 0.508 e. The number of aromatic nitrogens is 4. The molecule has 8 N–H and O–H groups in total. The van der Waals surface area contributed by atoms with E-state index in [2.05, 4.69) is 30.3 Å². The van der Waals surface area contributed by atoms with Crippen molar-refractivity contribution in [2.45, 2.75) is 62.1 Å². The number of phenols is 2. The Kier molecular flexibility index (Phi) is 15.2. The minimum absolute atomic E-state index is 0.0447. The minimum Gasteiger partial charge on any atom is -0.508 e. The number of carboxylic acids is 2. The lowest BCUT2D eigenvalue weighted by molar-refractivity contribution is -0.274. The van der Waals surface area contributed by atoms with Crippen LogP contribution in [0.3, 0.4) is 0 Å². The molecule has 3 aromatic heterocycles. The molecule has 19 nitrogen and oxygen atoms in total. The zero-order valence-electron chi connectivity index (χ0n) is 33.0. The number of hydrogen-bond acceptors (Lipinski definition) is 14. The van der Waals surface area contributed by atoms with E-state index in [1.807, 2.05) is 0 Å². The highest BCUT2D eigenvalue weighted by molar-refractivity contribution is 7.99. The summed E-state index contributed by atoms with van der Waals surface area (Å²) < 4.78 is 43.4. The third kappa shape index (κ3) is 12.6. The Morgan fingerprint density at radius 1 is 0.968 bits per heavy atom. The molecule has 0 aliphatic rings. The number of aliphatic carboxylic acids is 2. The second-order valence-corrected chi connectivity index (χ2v) is 14.8. The summed E-state index contributed by atoms with van der Waals surface area (Å²) in [7, 11) is 0. The number of amides is 3. The highest BCUT2D eigenvalue weighted by atomic mass is 32.2. The normalized spacial score (nSPS) is 12.8. The number of benzene rings is 2. The predicted octanol–water partition coefficient (Wildman–Crippen LogP) is 2.79. The Hall–Kier alpha value is -7.27. The molecule has 2 aromatic carbocycles. The standard InChI is InChI=1S/C40H39F3N8O11S/c1-21(50(19-23-4-2-12-45-17-23)31(54)14-22-6-8-25(9-7-22)62-40(41,42)43)36-49-35-26(5-3-13-46-35)39(61)51(36)34-29(53)15-24(52)16-30(34)63-20-28(38(60)47-18-33(57)58)48-37(59)27(44)10-11-32(55)56/h2-9,12-13,15-17,21,27-28,52-53H,10-11,14,18-20,44H2,1H3,(H,47,60)(H,48,59)(H,55,56)(H,57,58)/t21-,27+,28+/m1/s1. The number of nitrogens with two attached hydrogens (primary N) is 1. The summed E-state index contributed by atoms with van der Waals surface area (Å²) in [6, 6.07) is 8.74. The molecule has 0 radical (unpaired) electrons. The SMILES string of the molecule is C[C@H](c1nc2ncccc2c(=O)n1-c1c(O)cc(O)cc1SC[C@H](NC(=O)[C@@H](N)CCC(=O)O)C(=O)NCC(=O)O)N(Cc1cccnc1)C(=O)Cc1ccc(OC(F)(F)F)cc1. The Morgan fingerprint density at radius 3 is 2.33 bits per heavy atom. The fourth-order valence-corrected chi connectivity index (χ4v) is 7.25. The lowest BCUT2D eigenvalue weighted by atomic mass is 10.1. The highest BCUT2D eigenvalue weighted by Crippen LogP contribution is 2.39. The van der Waals surface area contributed by atoms with Crippen LogP contribution in [0.4, 0.5) is 13.2 Å². The van der Waals surface area contributed by atoms with Gasteiger partial charge in [-0.25, -0.2) is 9.97 Å². The number of carboxylic acid groups (broad SMARTS) is 2. The average Bonchev–Trinajstić information content (AvgIpc) is 3.22. The van der Waals surface area contributed by atoms with Crippen LogP contribution >= 0.6 is 11.8 Å². The van der Waals surface area contributed by atoms with E-state index in [4.69, 9.17) is 15.9 Å². The molecule has 23 heteroatoms. The summed E-state index contributed by atoms with van der Waals surface area (Å²) in [6.07, 6.45) is -1.72. The summed E-state index contributed by atoms with van der Waals surface area (Å²) >= 11 is 0.720. The maximum absolute atomic E-state index is 14.6. The molecule has 332 valence electrons. The lowest BCUT2D eigenvalue weighted by Crippen LogP contribution is -2.53. The maximum atomic E-state index is 14.6. The van der Waals surface area contributed by atoms with Crippen molar-refractivity contribution in [2.24, 2.45) is 5.73 Å². The summed E-state index contributed by atoms with van der Waals surface area (Å²) in [5, 5.41) is 44.8. The molecule has 5 rings (SSSR count). The first-order chi connectivity index (χ1) is 29.8. The van der Waals surface area contributed by atoms with Crippen LogP contribution in [0.15, 0.2) is 88.9 Å². The van der Waals surface area contributed by atoms with Gasteiger partial charge in [-0.1, -0.05) is 18.2 Å². The van der Waals surface area contributed by atoms with Crippen LogP contribution in [-0.4, -0.2) is 105 Å². The first kappa shape index (κ1) is 46.8. The van der Waals surface area contributed by atoms with Gasteiger partial charge in [0.05, 0.1) is 23.9 Å². The zero-order chi connectivity index (χ0) is 46.0. The van der Waals surface area contributed by atoms with Crippen molar-refractivity contribution in [2.75, 3.05) is 12.3 Å². The van der Waals surface area contributed by atoms with Crippen LogP contribution in [0, 0.1) is 0 Å². The molecular formula is C40H39F3N8O11S. The summed E-state index contributed by atoms with van der Waals surface area (Å²) in [6.45, 7) is 0.542. The monoisotopic (exact) mass is 896 g/mol. The number of alkyl halides is 3. The molecule has 5 aromatic rings. The fraction of sp³-hybridized carbons (Fsp3) is 0.275. The van der Waals surface area contributed by atoms with Gasteiger partial charge in [-0.15, -0.1) is 24.9 Å². The fourth-order valence-electron chi connectivity index (χ4n) is 6.13. The number of ether oxygens (including phenoxy) is 1. The third-order valence-corrected chi connectivity index (χ3v) is 10.3. The van der Waals surface area contributed by atoms with E-state index in [0.29, 0.717) is 11.1 Å². The second-order valence-electron chi connectivity index (χ2n) is 13.7. The van der Waals surface area contributed by atoms with Gasteiger partial charge >= 0.3 is 18.3 Å². The van der Waals surface area contributed by atoms with Gasteiger partial charge in [0, 0.05) is 48.3 Å². The molecule has 3 atom stereocenters. The van der Waals surface area contributed by atoms with Crippen molar-refractivity contribution in [1.82, 2.24) is 35.1 Å². The number of nitrogens with one attached hydrogen (secondary N) is 2. The number of thioether (sulfide) groups is 1. The first-order valence-electron chi connectivity index (χ1n) is 18.7. The molecule has 0 spiro atoms. The van der Waals surface area contributed by atoms with Gasteiger partial charge < -0.3 is 46.4 Å². The van der Waals surface area contributed by atoms with E-state index in [9.17, 15) is 52.2 Å². The number of carbonyl (C=O) groups excluding carboxylic acids is 3. The van der Waals surface area contributed by atoms with E-state index in [1.54, 1.807) is 12.1 Å². The van der Waals surface area contributed by atoms with Crippen LogP contribution in [-0.2, 0) is 36.9 Å². The quantitative estimate of drug-likeness (QED) is 0.0587. The van der Waals surface area contributed by atoms with Gasteiger partial charge in [0.2, 0.25) is 17.7 Å². The largest absolute Gasteiger partial charge is 0.573 e. The topological polar surface area (TPSA) is 289 Å². The van der Waals surface area contributed by atoms with Crippen molar-refractivity contribution in [1.29, 1.82) is 0 Å². The number of pyridine rings is 2. The number of nitrogens with zero attached hydrogens (tertiary/aromatic N) is 5. The molecule has 0 saturated heterocycles. The van der Waals surface area contributed by atoms with E-state index >= 15 is 0 Å². The van der Waals surface area contributed by atoms with Gasteiger partial charge in [0.15, 0.2) is 5.65 Å². The second kappa shape index (κ2) is 20.5. The molecule has 0 bridgehead atoms. The number of carbonyl (C=O) groups is 5. The van der Waals surface area contributed by atoms with Crippen molar-refractivity contribution in [3.63, 3.8) is 0 Å². The number of aromatic hydroxyl groups is 2. The Bertz CT molecular complexity index is 2550. The van der Waals surface area contributed by atoms with Gasteiger partial charge in [-0.2, -0.15) is 0 Å². The van der Waals surface area contributed by atoms with Crippen molar-refractivity contribution >= 4 is 52.5 Å². The number of halogens is 3. The minimum atomic E-state index is -4.94. The van der Waals surface area contributed by atoms with Crippen molar-refractivity contribution < 1.29 is 62.3 Å². The zero-order valence-corrected chi connectivity index (χ0v) is 33.8. The summed E-state index contributed by atoms with van der Waals surface area (Å²) in [5.74, 6) is -7.50. The lowest BCUT2D eigenvalue weighted by Gasteiger charge is -2.31. The predicted molar refractivity (Wildman–Crippen MR) is 217 cm³/mol. The van der Waals surface area contributed by atoms with E-state index in [-0.39, 0.29) is 46.8 Å². The summed E-state index contributed by atoms with van der Waals surface area (Å²) in [4.78, 5) is 91.7. The van der Waals surface area contributed by atoms with Crippen LogP contribution in [0.25, 0.3) is 16.7 Å². The summed E-state index contributed by atoms with van der Waals surface area (Å²) in [5.41, 5.74) is 5.52. The number of hydrogen-bond donors (Lipinski definition) is 7. The van der Waals surface area contributed by atoms with Crippen LogP contribution in [0.5, 0.6) is 17.2 Å². The van der Waals surface area contributed by atoms with Crippen molar-refractivity contribution in [3.05, 3.63) is 107 Å². The number of phenolic OH excluding ortho intramolecular Hbond substituents is 2. The van der Waals surface area contributed by atoms with Crippen LogP contribution in [0.2, 0.25) is 0 Å². The Balaban J connectivity index is 1.60. The van der Waals surface area contributed by atoms with Gasteiger partial charge in [0.25, 0.3) is 5.56 Å². The average molecular weight is 897 g/mol.